The van der Waals surface area contributed by atoms with Crippen LogP contribution in [0.25, 0.3) is 0 Å². The first-order valence-electron chi connectivity index (χ1n) is 8.18. The van der Waals surface area contributed by atoms with Crippen LogP contribution in [0.2, 0.25) is 0 Å². The van der Waals surface area contributed by atoms with Crippen molar-refractivity contribution < 1.29 is 9.84 Å². The number of aromatic nitrogens is 1. The molecule has 0 aliphatic carbocycles. The van der Waals surface area contributed by atoms with Crippen molar-refractivity contribution in [1.82, 2.24) is 9.88 Å². The molecule has 3 rings (SSSR count). The summed E-state index contributed by atoms with van der Waals surface area (Å²) < 4.78 is 5.38. The van der Waals surface area contributed by atoms with Gasteiger partial charge in [0.15, 0.2) is 0 Å². The predicted molar refractivity (Wildman–Crippen MR) is 82.2 cm³/mol. The van der Waals surface area contributed by atoms with Crippen LogP contribution in [-0.4, -0.2) is 52.9 Å². The van der Waals surface area contributed by atoms with Gasteiger partial charge < -0.3 is 9.84 Å². The van der Waals surface area contributed by atoms with Gasteiger partial charge in [-0.05, 0) is 49.9 Å². The fourth-order valence-corrected chi connectivity index (χ4v) is 3.60. The Morgan fingerprint density at radius 1 is 1.29 bits per heavy atom. The molecule has 0 spiro atoms. The molecular weight excluding hydrogens is 264 g/mol. The summed E-state index contributed by atoms with van der Waals surface area (Å²) in [7, 11) is 0. The molecule has 2 aliphatic heterocycles. The number of hydrogen-bond donors (Lipinski definition) is 1. The van der Waals surface area contributed by atoms with Crippen molar-refractivity contribution in [2.24, 2.45) is 0 Å². The minimum absolute atomic E-state index is 0.530. The van der Waals surface area contributed by atoms with Crippen molar-refractivity contribution in [3.8, 4) is 0 Å². The molecule has 4 heteroatoms. The Kier molecular flexibility index (Phi) is 4.88. The lowest BCUT2D eigenvalue weighted by Gasteiger charge is -2.37. The third-order valence-electron chi connectivity index (χ3n) is 4.94. The van der Waals surface area contributed by atoms with Gasteiger partial charge in [-0.3, -0.25) is 9.88 Å². The summed E-state index contributed by atoms with van der Waals surface area (Å²) in [6, 6.07) is 4.82. The Bertz CT molecular complexity index is 432. The van der Waals surface area contributed by atoms with E-state index in [0.29, 0.717) is 19.3 Å². The van der Waals surface area contributed by atoms with E-state index >= 15 is 0 Å². The van der Waals surface area contributed by atoms with Crippen molar-refractivity contribution >= 4 is 0 Å². The number of ether oxygens (including phenoxy) is 1. The Morgan fingerprint density at radius 2 is 2.05 bits per heavy atom. The molecule has 3 heterocycles. The molecule has 1 atom stereocenters. The van der Waals surface area contributed by atoms with Gasteiger partial charge in [-0.15, -0.1) is 0 Å². The zero-order valence-corrected chi connectivity index (χ0v) is 12.7. The van der Waals surface area contributed by atoms with Crippen LogP contribution in [-0.2, 0) is 11.2 Å². The van der Waals surface area contributed by atoms with Gasteiger partial charge in [0.1, 0.15) is 0 Å². The number of aliphatic hydroxyl groups is 1. The third-order valence-corrected chi connectivity index (χ3v) is 4.94. The Labute approximate surface area is 127 Å². The van der Waals surface area contributed by atoms with Gasteiger partial charge in [0.2, 0.25) is 0 Å². The molecule has 0 radical (unpaired) electrons. The Morgan fingerprint density at radius 3 is 2.81 bits per heavy atom. The number of likely N-dealkylation sites (tertiary alicyclic amines) is 1. The monoisotopic (exact) mass is 290 g/mol. The largest absolute Gasteiger partial charge is 0.388 e. The highest BCUT2D eigenvalue weighted by atomic mass is 16.5. The van der Waals surface area contributed by atoms with Crippen molar-refractivity contribution in [3.05, 3.63) is 30.1 Å². The number of β-amino-alcohol motifs (C(OH)–C–C–N with tert-alkyl or cyclic N) is 1. The first kappa shape index (κ1) is 14.9. The van der Waals surface area contributed by atoms with Crippen molar-refractivity contribution in [2.75, 3.05) is 26.3 Å². The maximum atomic E-state index is 10.7. The van der Waals surface area contributed by atoms with Crippen LogP contribution in [0.3, 0.4) is 0 Å². The lowest BCUT2D eigenvalue weighted by atomic mass is 9.93. The number of nitrogens with zero attached hydrogens (tertiary/aromatic N) is 2. The van der Waals surface area contributed by atoms with Crippen molar-refractivity contribution in [2.45, 2.75) is 50.2 Å². The van der Waals surface area contributed by atoms with Gasteiger partial charge in [0, 0.05) is 51.0 Å². The normalized spacial score (nSPS) is 26.0. The van der Waals surface area contributed by atoms with E-state index in [1.807, 2.05) is 12.4 Å². The van der Waals surface area contributed by atoms with E-state index < -0.39 is 5.60 Å². The average molecular weight is 290 g/mol. The highest BCUT2D eigenvalue weighted by Gasteiger charge is 2.35. The van der Waals surface area contributed by atoms with Crippen LogP contribution >= 0.6 is 0 Å². The van der Waals surface area contributed by atoms with E-state index in [9.17, 15) is 5.11 Å². The summed E-state index contributed by atoms with van der Waals surface area (Å²) in [6.07, 6.45) is 10.1. The van der Waals surface area contributed by atoms with Crippen LogP contribution in [0.5, 0.6) is 0 Å². The quantitative estimate of drug-likeness (QED) is 0.901. The van der Waals surface area contributed by atoms with Crippen molar-refractivity contribution in [3.63, 3.8) is 0 Å². The predicted octanol–water partition coefficient (Wildman–Crippen LogP) is 2.02. The average Bonchev–Trinajstić information content (AvgIpc) is 2.93. The van der Waals surface area contributed by atoms with E-state index in [-0.39, 0.29) is 0 Å². The molecule has 0 aromatic carbocycles. The van der Waals surface area contributed by atoms with Gasteiger partial charge in [-0.2, -0.15) is 0 Å². The van der Waals surface area contributed by atoms with E-state index in [1.165, 1.54) is 24.8 Å². The summed E-state index contributed by atoms with van der Waals surface area (Å²) in [5.41, 5.74) is 0.832. The molecule has 116 valence electrons. The van der Waals surface area contributed by atoms with Crippen LogP contribution in [0.15, 0.2) is 24.5 Å². The standard InChI is InChI=1S/C17H26N2O2/c20-17(7-12-21-13-8-17)14-19-11-1-2-16(19)4-3-15-5-9-18-10-6-15/h5-6,9-10,16,20H,1-4,7-8,11-14H2/t16-/m1/s1. The molecular formula is C17H26N2O2. The fraction of sp³-hybridized carbons (Fsp3) is 0.706. The van der Waals surface area contributed by atoms with E-state index in [0.717, 1.165) is 32.4 Å². The zero-order valence-electron chi connectivity index (χ0n) is 12.7. The van der Waals surface area contributed by atoms with Gasteiger partial charge in [0.25, 0.3) is 0 Å². The smallest absolute Gasteiger partial charge is 0.0818 e. The van der Waals surface area contributed by atoms with Gasteiger partial charge >= 0.3 is 0 Å². The van der Waals surface area contributed by atoms with Gasteiger partial charge in [-0.1, -0.05) is 0 Å². The van der Waals surface area contributed by atoms with Crippen LogP contribution in [0.4, 0.5) is 0 Å². The molecule has 1 N–H and O–H groups in total. The minimum atomic E-state index is -0.530. The molecule has 0 unspecified atom stereocenters. The topological polar surface area (TPSA) is 45.6 Å². The van der Waals surface area contributed by atoms with Gasteiger partial charge in [-0.25, -0.2) is 0 Å². The first-order chi connectivity index (χ1) is 10.3. The molecule has 4 nitrogen and oxygen atoms in total. The zero-order chi connectivity index (χ0) is 14.5. The molecule has 1 aromatic rings. The summed E-state index contributed by atoms with van der Waals surface area (Å²) in [5.74, 6) is 0. The second-order valence-corrected chi connectivity index (χ2v) is 6.50. The molecule has 0 bridgehead atoms. The van der Waals surface area contributed by atoms with Crippen LogP contribution in [0.1, 0.15) is 37.7 Å². The summed E-state index contributed by atoms with van der Waals surface area (Å²) >= 11 is 0. The molecule has 2 saturated heterocycles. The lowest BCUT2D eigenvalue weighted by Crippen LogP contribution is -2.48. The Balaban J connectivity index is 1.53. The van der Waals surface area contributed by atoms with Gasteiger partial charge in [0.05, 0.1) is 5.60 Å². The second kappa shape index (κ2) is 6.86. The molecule has 2 aliphatic rings. The minimum Gasteiger partial charge on any atom is -0.388 e. The highest BCUT2D eigenvalue weighted by Crippen LogP contribution is 2.28. The van der Waals surface area contributed by atoms with E-state index in [1.54, 1.807) is 0 Å². The molecule has 21 heavy (non-hydrogen) atoms. The van der Waals surface area contributed by atoms with E-state index in [4.69, 9.17) is 4.74 Å². The fourth-order valence-electron chi connectivity index (χ4n) is 3.60. The molecule has 0 amide bonds. The number of aryl methyl sites for hydroxylation is 1. The maximum Gasteiger partial charge on any atom is 0.0818 e. The number of rotatable bonds is 5. The SMILES string of the molecule is OC1(CN2CCC[C@@H]2CCc2ccncc2)CCOCC1. The molecule has 2 fully saturated rings. The number of hydrogen-bond acceptors (Lipinski definition) is 4. The molecule has 0 saturated carbocycles. The summed E-state index contributed by atoms with van der Waals surface area (Å²) in [5, 5.41) is 10.7. The summed E-state index contributed by atoms with van der Waals surface area (Å²) in [4.78, 5) is 6.58. The summed E-state index contributed by atoms with van der Waals surface area (Å²) in [6.45, 7) is 3.35. The Hall–Kier alpha value is -0.970. The lowest BCUT2D eigenvalue weighted by molar-refractivity contribution is -0.0816. The highest BCUT2D eigenvalue weighted by molar-refractivity contribution is 5.10. The third kappa shape index (κ3) is 4.02. The van der Waals surface area contributed by atoms with Crippen LogP contribution in [0, 0.1) is 0 Å². The maximum absolute atomic E-state index is 10.7. The first-order valence-corrected chi connectivity index (χ1v) is 8.18. The second-order valence-electron chi connectivity index (χ2n) is 6.50. The number of pyridine rings is 1. The van der Waals surface area contributed by atoms with Crippen LogP contribution < -0.4 is 0 Å². The van der Waals surface area contributed by atoms with E-state index in [2.05, 4.69) is 22.0 Å². The molecule has 1 aromatic heterocycles. The van der Waals surface area contributed by atoms with Crippen molar-refractivity contribution in [1.29, 1.82) is 0 Å².